The summed E-state index contributed by atoms with van der Waals surface area (Å²) in [5.74, 6) is -0.385. The molecule has 0 saturated carbocycles. The number of hydrogen-bond acceptors (Lipinski definition) is 2. The summed E-state index contributed by atoms with van der Waals surface area (Å²) >= 11 is 0. The molecule has 0 aromatic rings. The van der Waals surface area contributed by atoms with Crippen LogP contribution in [-0.2, 0) is 9.53 Å². The van der Waals surface area contributed by atoms with Crippen LogP contribution >= 0.6 is 0 Å². The van der Waals surface area contributed by atoms with Gasteiger partial charge in [-0.2, -0.15) is 0 Å². The van der Waals surface area contributed by atoms with Crippen LogP contribution in [0.3, 0.4) is 0 Å². The first kappa shape index (κ1) is 9.75. The molecule has 0 aromatic carbocycles. The van der Waals surface area contributed by atoms with Crippen molar-refractivity contribution < 1.29 is 14.6 Å². The second-order valence-electron chi connectivity index (χ2n) is 1.87. The van der Waals surface area contributed by atoms with E-state index in [9.17, 15) is 4.79 Å². The highest BCUT2D eigenvalue weighted by Gasteiger charge is 1.96. The van der Waals surface area contributed by atoms with Gasteiger partial charge >= 0.3 is 5.97 Å². The highest BCUT2D eigenvalue weighted by Crippen LogP contribution is 1.98. The van der Waals surface area contributed by atoms with E-state index < -0.39 is 5.97 Å². The van der Waals surface area contributed by atoms with Gasteiger partial charge in [-0.1, -0.05) is 6.08 Å². The number of allylic oxidation sites excluding steroid dienone is 3. The Labute approximate surface area is 66.0 Å². The van der Waals surface area contributed by atoms with Gasteiger partial charge in [-0.15, -0.1) is 0 Å². The second-order valence-corrected chi connectivity index (χ2v) is 1.87. The molecule has 0 atom stereocenters. The summed E-state index contributed by atoms with van der Waals surface area (Å²) in [4.78, 5) is 10.0. The first-order valence-corrected chi connectivity index (χ1v) is 3.34. The van der Waals surface area contributed by atoms with Crippen LogP contribution in [0, 0.1) is 0 Å². The van der Waals surface area contributed by atoms with Crippen LogP contribution in [0.5, 0.6) is 0 Å². The fourth-order valence-electron chi connectivity index (χ4n) is 0.537. The highest BCUT2D eigenvalue weighted by atomic mass is 16.5. The summed E-state index contributed by atoms with van der Waals surface area (Å²) in [6.45, 7) is 3.34. The van der Waals surface area contributed by atoms with Gasteiger partial charge in [0.1, 0.15) is 5.76 Å². The third-order valence-electron chi connectivity index (χ3n) is 0.978. The predicted octanol–water partition coefficient (Wildman–Crippen LogP) is 1.57. The lowest BCUT2D eigenvalue weighted by Gasteiger charge is -2.01. The number of rotatable bonds is 4. The van der Waals surface area contributed by atoms with E-state index >= 15 is 0 Å². The van der Waals surface area contributed by atoms with Crippen molar-refractivity contribution >= 4 is 5.97 Å². The molecule has 0 unspecified atom stereocenters. The predicted molar refractivity (Wildman–Crippen MR) is 42.2 cm³/mol. The van der Waals surface area contributed by atoms with Crippen LogP contribution in [0.4, 0.5) is 0 Å². The maximum Gasteiger partial charge on any atom is 0.341 e. The number of hydrogen-bond donors (Lipinski definition) is 1. The lowest BCUT2D eigenvalue weighted by molar-refractivity contribution is -0.140. The van der Waals surface area contributed by atoms with E-state index in [-0.39, 0.29) is 6.61 Å². The number of aliphatic carboxylic acids is 1. The zero-order valence-electron chi connectivity index (χ0n) is 6.70. The first-order valence-electron chi connectivity index (χ1n) is 3.34. The quantitative estimate of drug-likeness (QED) is 0.496. The topological polar surface area (TPSA) is 46.5 Å². The summed E-state index contributed by atoms with van der Waals surface area (Å²) in [5.41, 5.74) is 0. The van der Waals surface area contributed by atoms with Crippen molar-refractivity contribution in [2.45, 2.75) is 13.8 Å². The Bertz CT molecular complexity index is 180. The normalized spacial score (nSPS) is 12.0. The van der Waals surface area contributed by atoms with Gasteiger partial charge in [-0.05, 0) is 26.0 Å². The summed E-state index contributed by atoms with van der Waals surface area (Å²) < 4.78 is 4.87. The summed E-state index contributed by atoms with van der Waals surface area (Å²) in [7, 11) is 0. The lowest BCUT2D eigenvalue weighted by atomic mass is 10.4. The Morgan fingerprint density at radius 1 is 1.55 bits per heavy atom. The third kappa shape index (κ3) is 5.21. The van der Waals surface area contributed by atoms with Gasteiger partial charge in [-0.25, -0.2) is 4.79 Å². The van der Waals surface area contributed by atoms with Crippen molar-refractivity contribution in [2.24, 2.45) is 0 Å². The molecule has 0 bridgehead atoms. The van der Waals surface area contributed by atoms with E-state index in [0.29, 0.717) is 5.76 Å². The molecule has 3 heteroatoms. The highest BCUT2D eigenvalue weighted by molar-refractivity contribution is 5.68. The summed E-state index contributed by atoms with van der Waals surface area (Å²) in [6, 6.07) is 0. The molecule has 0 spiro atoms. The molecule has 0 fully saturated rings. The molecule has 62 valence electrons. The van der Waals surface area contributed by atoms with Crippen molar-refractivity contribution in [1.82, 2.24) is 0 Å². The minimum atomic E-state index is -0.964. The fraction of sp³-hybridized carbons (Fsp3) is 0.375. The fourth-order valence-corrected chi connectivity index (χ4v) is 0.537. The molecular weight excluding hydrogens is 144 g/mol. The molecule has 0 rings (SSSR count). The second kappa shape index (κ2) is 5.53. The van der Waals surface area contributed by atoms with E-state index in [0.717, 1.165) is 0 Å². The number of carbonyl (C=O) groups is 1. The molecule has 3 nitrogen and oxygen atoms in total. The van der Waals surface area contributed by atoms with E-state index in [1.165, 1.54) is 0 Å². The molecule has 0 heterocycles. The van der Waals surface area contributed by atoms with Crippen LogP contribution < -0.4 is 0 Å². The molecular formula is C8H12O3. The van der Waals surface area contributed by atoms with Crippen LogP contribution in [0.2, 0.25) is 0 Å². The van der Waals surface area contributed by atoms with Gasteiger partial charge < -0.3 is 9.84 Å². The largest absolute Gasteiger partial charge is 0.482 e. The van der Waals surface area contributed by atoms with Crippen LogP contribution in [0.15, 0.2) is 24.0 Å². The van der Waals surface area contributed by atoms with Gasteiger partial charge in [-0.3, -0.25) is 0 Å². The minimum absolute atomic E-state index is 0.288. The van der Waals surface area contributed by atoms with Gasteiger partial charge in [0.15, 0.2) is 6.61 Å². The smallest absolute Gasteiger partial charge is 0.341 e. The van der Waals surface area contributed by atoms with Crippen molar-refractivity contribution in [3.05, 3.63) is 24.0 Å². The van der Waals surface area contributed by atoms with Crippen molar-refractivity contribution in [3.8, 4) is 0 Å². The van der Waals surface area contributed by atoms with Gasteiger partial charge in [0.25, 0.3) is 0 Å². The van der Waals surface area contributed by atoms with Crippen LogP contribution in [0.25, 0.3) is 0 Å². The SMILES string of the molecule is C/C=C\C(=C/C)OCC(=O)O. The Morgan fingerprint density at radius 3 is 2.55 bits per heavy atom. The van der Waals surface area contributed by atoms with Crippen molar-refractivity contribution in [1.29, 1.82) is 0 Å². The summed E-state index contributed by atoms with van der Waals surface area (Å²) in [5, 5.41) is 8.25. The summed E-state index contributed by atoms with van der Waals surface area (Å²) in [6.07, 6.45) is 5.21. The van der Waals surface area contributed by atoms with Crippen LogP contribution in [0.1, 0.15) is 13.8 Å². The molecule has 11 heavy (non-hydrogen) atoms. The lowest BCUT2D eigenvalue weighted by Crippen LogP contribution is -2.05. The average molecular weight is 156 g/mol. The van der Waals surface area contributed by atoms with E-state index in [1.54, 1.807) is 25.2 Å². The zero-order chi connectivity index (χ0) is 8.69. The molecule has 1 N–H and O–H groups in total. The Hall–Kier alpha value is -1.25. The van der Waals surface area contributed by atoms with Gasteiger partial charge in [0.05, 0.1) is 0 Å². The molecule has 0 amide bonds. The molecule has 0 aromatic heterocycles. The number of ether oxygens (including phenoxy) is 1. The van der Waals surface area contributed by atoms with E-state index in [4.69, 9.17) is 9.84 Å². The molecule has 0 aliphatic rings. The molecule has 0 saturated heterocycles. The monoisotopic (exact) mass is 156 g/mol. The van der Waals surface area contributed by atoms with Gasteiger partial charge in [0.2, 0.25) is 0 Å². The van der Waals surface area contributed by atoms with Gasteiger partial charge in [0, 0.05) is 0 Å². The van der Waals surface area contributed by atoms with E-state index in [1.807, 2.05) is 6.92 Å². The molecule has 0 radical (unpaired) electrons. The molecule has 0 aliphatic carbocycles. The Kier molecular flexibility index (Phi) is 4.90. The molecule has 0 aliphatic heterocycles. The standard InChI is InChI=1S/C8H12O3/c1-3-5-7(4-2)11-6-8(9)10/h3-5H,6H2,1-2H3,(H,9,10)/b5-3-,7-4+. The number of carboxylic acids is 1. The minimum Gasteiger partial charge on any atom is -0.482 e. The van der Waals surface area contributed by atoms with Crippen molar-refractivity contribution in [3.63, 3.8) is 0 Å². The van der Waals surface area contributed by atoms with Crippen molar-refractivity contribution in [2.75, 3.05) is 6.61 Å². The zero-order valence-corrected chi connectivity index (χ0v) is 6.70. The first-order chi connectivity index (χ1) is 5.20. The number of carboxylic acid groups (broad SMARTS) is 1. The Morgan fingerprint density at radius 2 is 2.18 bits per heavy atom. The maximum atomic E-state index is 10.0. The Balaban J connectivity index is 3.81. The average Bonchev–Trinajstić information content (AvgIpc) is 1.97. The third-order valence-corrected chi connectivity index (χ3v) is 0.978. The maximum absolute atomic E-state index is 10.0. The van der Waals surface area contributed by atoms with Crippen LogP contribution in [-0.4, -0.2) is 17.7 Å². The van der Waals surface area contributed by atoms with E-state index in [2.05, 4.69) is 0 Å².